The van der Waals surface area contributed by atoms with Crippen molar-refractivity contribution in [3.8, 4) is 0 Å². The molecule has 0 amide bonds. The normalized spacial score (nSPS) is 19.6. The zero-order chi connectivity index (χ0) is 16.3. The molecule has 1 aromatic heterocycles. The maximum absolute atomic E-state index is 12.7. The molecule has 0 spiro atoms. The van der Waals surface area contributed by atoms with Crippen LogP contribution < -0.4 is 5.73 Å². The third-order valence-electron chi connectivity index (χ3n) is 4.15. The molecule has 2 heterocycles. The van der Waals surface area contributed by atoms with E-state index in [1.807, 2.05) is 6.07 Å². The Balaban J connectivity index is 1.75. The van der Waals surface area contributed by atoms with Gasteiger partial charge in [-0.25, -0.2) is 13.4 Å². The molecule has 122 valence electrons. The largest absolute Gasteiger partial charge is 0.382 e. The van der Waals surface area contributed by atoms with Crippen molar-refractivity contribution < 1.29 is 8.42 Å². The predicted octanol–water partition coefficient (Wildman–Crippen LogP) is 1.70. The summed E-state index contributed by atoms with van der Waals surface area (Å²) in [4.78, 5) is 8.65. The Morgan fingerprint density at radius 1 is 1.17 bits per heavy atom. The van der Waals surface area contributed by atoms with E-state index in [1.54, 1.807) is 41.0 Å². The van der Waals surface area contributed by atoms with Gasteiger partial charge in [0.05, 0.1) is 10.6 Å². The number of sulfonamides is 1. The number of hydrogen-bond acceptors (Lipinski definition) is 5. The summed E-state index contributed by atoms with van der Waals surface area (Å²) in [5.74, 6) is 0.636. The molecular formula is C16H20N4O2S. The van der Waals surface area contributed by atoms with Crippen molar-refractivity contribution in [3.63, 3.8) is 0 Å². The molecule has 0 aliphatic carbocycles. The van der Waals surface area contributed by atoms with Crippen molar-refractivity contribution in [1.82, 2.24) is 14.3 Å². The quantitative estimate of drug-likeness (QED) is 0.920. The van der Waals surface area contributed by atoms with Crippen molar-refractivity contribution in [3.05, 3.63) is 48.4 Å². The van der Waals surface area contributed by atoms with Gasteiger partial charge in [-0.15, -0.1) is 0 Å². The summed E-state index contributed by atoms with van der Waals surface area (Å²) >= 11 is 0. The lowest BCUT2D eigenvalue weighted by molar-refractivity contribution is 0.264. The highest BCUT2D eigenvalue weighted by Gasteiger charge is 2.30. The molecule has 1 atom stereocenters. The van der Waals surface area contributed by atoms with Crippen molar-refractivity contribution in [2.24, 2.45) is 5.92 Å². The van der Waals surface area contributed by atoms with Crippen LogP contribution in [0.2, 0.25) is 0 Å². The molecule has 2 aromatic rings. The molecule has 7 heteroatoms. The molecule has 0 unspecified atom stereocenters. The van der Waals surface area contributed by atoms with Crippen molar-refractivity contribution in [1.29, 1.82) is 0 Å². The zero-order valence-corrected chi connectivity index (χ0v) is 13.6. The van der Waals surface area contributed by atoms with Crippen LogP contribution in [-0.4, -0.2) is 35.8 Å². The standard InChI is InChI=1S/C16H20N4O2S/c17-16-15(18-8-9-19-16)11-13-5-4-10-20(12-13)23(21,22)14-6-2-1-3-7-14/h1-3,6-9,13H,4-5,10-12H2,(H2,17,19)/t13-/m0/s1. The fraction of sp³-hybridized carbons (Fsp3) is 0.375. The fourth-order valence-corrected chi connectivity index (χ4v) is 4.54. The van der Waals surface area contributed by atoms with E-state index in [0.717, 1.165) is 18.5 Å². The lowest BCUT2D eigenvalue weighted by atomic mass is 9.94. The minimum absolute atomic E-state index is 0.209. The Bertz CT molecular complexity index is 765. The van der Waals surface area contributed by atoms with Crippen LogP contribution in [0.3, 0.4) is 0 Å². The Morgan fingerprint density at radius 3 is 2.65 bits per heavy atom. The van der Waals surface area contributed by atoms with Gasteiger partial charge in [0.2, 0.25) is 10.0 Å². The highest BCUT2D eigenvalue weighted by molar-refractivity contribution is 7.89. The van der Waals surface area contributed by atoms with E-state index in [4.69, 9.17) is 5.73 Å². The summed E-state index contributed by atoms with van der Waals surface area (Å²) in [6, 6.07) is 8.58. The molecule has 1 aliphatic rings. The lowest BCUT2D eigenvalue weighted by Gasteiger charge is -2.31. The van der Waals surface area contributed by atoms with Crippen LogP contribution in [0.25, 0.3) is 0 Å². The first kappa shape index (κ1) is 15.9. The average molecular weight is 332 g/mol. The maximum atomic E-state index is 12.7. The molecule has 1 fully saturated rings. The lowest BCUT2D eigenvalue weighted by Crippen LogP contribution is -2.40. The summed E-state index contributed by atoms with van der Waals surface area (Å²) in [7, 11) is -3.43. The number of aromatic nitrogens is 2. The van der Waals surface area contributed by atoms with Crippen molar-refractivity contribution in [2.45, 2.75) is 24.2 Å². The maximum Gasteiger partial charge on any atom is 0.243 e. The van der Waals surface area contributed by atoms with Gasteiger partial charge in [-0.1, -0.05) is 18.2 Å². The van der Waals surface area contributed by atoms with Gasteiger partial charge in [-0.3, -0.25) is 4.98 Å². The number of hydrogen-bond donors (Lipinski definition) is 1. The summed E-state index contributed by atoms with van der Waals surface area (Å²) in [6.45, 7) is 1.05. The number of nitrogens with two attached hydrogens (primary N) is 1. The van der Waals surface area contributed by atoms with E-state index in [9.17, 15) is 8.42 Å². The van der Waals surface area contributed by atoms with Gasteiger partial charge in [-0.05, 0) is 37.3 Å². The topological polar surface area (TPSA) is 89.2 Å². The number of nitrogens with zero attached hydrogens (tertiary/aromatic N) is 3. The first-order chi connectivity index (χ1) is 11.1. The van der Waals surface area contributed by atoms with Crippen LogP contribution in [0.15, 0.2) is 47.6 Å². The van der Waals surface area contributed by atoms with E-state index < -0.39 is 10.0 Å². The van der Waals surface area contributed by atoms with Gasteiger partial charge in [-0.2, -0.15) is 4.31 Å². The van der Waals surface area contributed by atoms with Crippen LogP contribution in [0.5, 0.6) is 0 Å². The SMILES string of the molecule is Nc1nccnc1C[C@@H]1CCCN(S(=O)(=O)c2ccccc2)C1. The Morgan fingerprint density at radius 2 is 1.91 bits per heavy atom. The number of rotatable bonds is 4. The predicted molar refractivity (Wildman–Crippen MR) is 88.1 cm³/mol. The molecule has 0 radical (unpaired) electrons. The van der Waals surface area contributed by atoms with E-state index >= 15 is 0 Å². The van der Waals surface area contributed by atoms with Crippen LogP contribution in [0.4, 0.5) is 5.82 Å². The molecule has 1 aliphatic heterocycles. The first-order valence-electron chi connectivity index (χ1n) is 7.68. The second kappa shape index (κ2) is 6.64. The molecule has 3 rings (SSSR count). The van der Waals surface area contributed by atoms with E-state index in [1.165, 1.54) is 0 Å². The monoisotopic (exact) mass is 332 g/mol. The molecule has 23 heavy (non-hydrogen) atoms. The van der Waals surface area contributed by atoms with Gasteiger partial charge in [0.25, 0.3) is 0 Å². The van der Waals surface area contributed by atoms with E-state index in [-0.39, 0.29) is 5.92 Å². The van der Waals surface area contributed by atoms with Crippen LogP contribution in [-0.2, 0) is 16.4 Å². The molecular weight excluding hydrogens is 312 g/mol. The van der Waals surface area contributed by atoms with Crippen LogP contribution >= 0.6 is 0 Å². The molecule has 1 aromatic carbocycles. The fourth-order valence-electron chi connectivity index (χ4n) is 2.96. The van der Waals surface area contributed by atoms with E-state index in [0.29, 0.717) is 30.2 Å². The highest BCUT2D eigenvalue weighted by Crippen LogP contribution is 2.26. The number of anilines is 1. The molecule has 0 saturated carbocycles. The smallest absolute Gasteiger partial charge is 0.243 e. The summed E-state index contributed by atoms with van der Waals surface area (Å²) in [5.41, 5.74) is 6.59. The van der Waals surface area contributed by atoms with Gasteiger partial charge in [0.15, 0.2) is 0 Å². The third kappa shape index (κ3) is 3.51. The summed E-state index contributed by atoms with van der Waals surface area (Å²) < 4.78 is 27.0. The second-order valence-corrected chi connectivity index (χ2v) is 7.71. The average Bonchev–Trinajstić information content (AvgIpc) is 2.58. The van der Waals surface area contributed by atoms with Crippen LogP contribution in [0.1, 0.15) is 18.5 Å². The van der Waals surface area contributed by atoms with Gasteiger partial charge in [0, 0.05) is 25.5 Å². The minimum Gasteiger partial charge on any atom is -0.382 e. The van der Waals surface area contributed by atoms with Crippen LogP contribution in [0, 0.1) is 5.92 Å². The second-order valence-electron chi connectivity index (χ2n) is 5.78. The molecule has 0 bridgehead atoms. The Labute approximate surface area is 136 Å². The van der Waals surface area contributed by atoms with E-state index in [2.05, 4.69) is 9.97 Å². The van der Waals surface area contributed by atoms with Gasteiger partial charge >= 0.3 is 0 Å². The molecule has 2 N–H and O–H groups in total. The molecule has 6 nitrogen and oxygen atoms in total. The zero-order valence-electron chi connectivity index (χ0n) is 12.8. The van der Waals surface area contributed by atoms with Crippen molar-refractivity contribution >= 4 is 15.8 Å². The Hall–Kier alpha value is -1.99. The first-order valence-corrected chi connectivity index (χ1v) is 9.12. The summed E-state index contributed by atoms with van der Waals surface area (Å²) in [5, 5.41) is 0. The minimum atomic E-state index is -3.43. The summed E-state index contributed by atoms with van der Waals surface area (Å²) in [6.07, 6.45) is 5.65. The number of nitrogen functional groups attached to an aromatic ring is 1. The number of piperidine rings is 1. The van der Waals surface area contributed by atoms with Gasteiger partial charge in [0.1, 0.15) is 5.82 Å². The number of benzene rings is 1. The Kier molecular flexibility index (Phi) is 4.58. The van der Waals surface area contributed by atoms with Gasteiger partial charge < -0.3 is 5.73 Å². The highest BCUT2D eigenvalue weighted by atomic mass is 32.2. The van der Waals surface area contributed by atoms with Crippen molar-refractivity contribution in [2.75, 3.05) is 18.8 Å². The molecule has 1 saturated heterocycles. The third-order valence-corrected chi connectivity index (χ3v) is 6.03.